The number of aromatic nitrogens is 2. The first kappa shape index (κ1) is 12.6. The second kappa shape index (κ2) is 4.94. The summed E-state index contributed by atoms with van der Waals surface area (Å²) in [5.41, 5.74) is 0.803. The maximum atomic E-state index is 12.2. The number of likely N-dealkylation sites (N-methyl/N-ethyl adjacent to an activating group) is 1. The number of carbonyl (C=O) groups excluding carboxylic acids is 1. The second-order valence-corrected chi connectivity index (χ2v) is 5.68. The van der Waals surface area contributed by atoms with Crippen molar-refractivity contribution < 1.29 is 4.79 Å². The Kier molecular flexibility index (Phi) is 3.28. The van der Waals surface area contributed by atoms with Crippen LogP contribution in [-0.2, 0) is 4.79 Å². The minimum absolute atomic E-state index is 0.0299. The summed E-state index contributed by atoms with van der Waals surface area (Å²) in [6, 6.07) is 3.81. The number of carbonyl (C=O) groups is 1. The first-order chi connectivity index (χ1) is 9.16. The fraction of sp³-hybridized carbons (Fsp3) is 0.385. The van der Waals surface area contributed by atoms with Crippen LogP contribution in [0.25, 0.3) is 5.65 Å². The molecule has 1 amide bonds. The Bertz CT molecular complexity index is 624. The number of likely N-dealkylation sites (tertiary alicyclic amines) is 1. The highest BCUT2D eigenvalue weighted by molar-refractivity contribution is 9.10. The van der Waals surface area contributed by atoms with Crippen molar-refractivity contribution in [3.8, 4) is 0 Å². The third-order valence-electron chi connectivity index (χ3n) is 3.56. The van der Waals surface area contributed by atoms with Crippen molar-refractivity contribution in [2.24, 2.45) is 0 Å². The number of pyridine rings is 1. The van der Waals surface area contributed by atoms with E-state index in [-0.39, 0.29) is 11.9 Å². The molecule has 0 bridgehead atoms. The van der Waals surface area contributed by atoms with Crippen LogP contribution in [0.1, 0.15) is 12.8 Å². The maximum absolute atomic E-state index is 12.2. The van der Waals surface area contributed by atoms with Crippen LogP contribution >= 0.6 is 15.9 Å². The maximum Gasteiger partial charge on any atom is 0.242 e. The highest BCUT2D eigenvalue weighted by Gasteiger charge is 2.28. The monoisotopic (exact) mass is 322 g/mol. The van der Waals surface area contributed by atoms with Gasteiger partial charge in [-0.1, -0.05) is 0 Å². The predicted molar refractivity (Wildman–Crippen MR) is 77.2 cm³/mol. The zero-order valence-corrected chi connectivity index (χ0v) is 12.2. The van der Waals surface area contributed by atoms with Crippen molar-refractivity contribution in [3.05, 3.63) is 29.0 Å². The van der Waals surface area contributed by atoms with Gasteiger partial charge in [-0.15, -0.1) is 0 Å². The Morgan fingerprint density at radius 2 is 2.42 bits per heavy atom. The van der Waals surface area contributed by atoms with Gasteiger partial charge in [0, 0.05) is 6.20 Å². The normalized spacial score (nSPS) is 20.0. The lowest BCUT2D eigenvalue weighted by Gasteiger charge is -2.18. The van der Waals surface area contributed by atoms with Crippen molar-refractivity contribution in [3.63, 3.8) is 0 Å². The summed E-state index contributed by atoms with van der Waals surface area (Å²) in [7, 11) is 1.99. The largest absolute Gasteiger partial charge is 0.309 e. The SMILES string of the molecule is CN1CCC[C@@H]1C(=O)Nc1cnc2c(Br)cccn12. The summed E-state index contributed by atoms with van der Waals surface area (Å²) >= 11 is 3.45. The molecule has 1 aliphatic rings. The first-order valence-electron chi connectivity index (χ1n) is 6.29. The Labute approximate surface area is 119 Å². The summed E-state index contributed by atoms with van der Waals surface area (Å²) in [6.07, 6.45) is 5.57. The van der Waals surface area contributed by atoms with E-state index < -0.39 is 0 Å². The number of anilines is 1. The smallest absolute Gasteiger partial charge is 0.242 e. The standard InChI is InChI=1S/C13H15BrN4O/c1-17-6-3-5-10(17)13(19)16-11-8-15-12-9(14)4-2-7-18(11)12/h2,4,7-8,10H,3,5-6H2,1H3,(H,16,19)/t10-/m1/s1. The molecule has 0 spiro atoms. The van der Waals surface area contributed by atoms with Gasteiger partial charge in [0.1, 0.15) is 5.82 Å². The third kappa shape index (κ3) is 2.26. The van der Waals surface area contributed by atoms with E-state index in [1.54, 1.807) is 6.20 Å². The molecule has 19 heavy (non-hydrogen) atoms. The molecule has 5 nitrogen and oxygen atoms in total. The van der Waals surface area contributed by atoms with Crippen LogP contribution in [0.2, 0.25) is 0 Å². The number of hydrogen-bond acceptors (Lipinski definition) is 3. The molecule has 6 heteroatoms. The number of rotatable bonds is 2. The van der Waals surface area contributed by atoms with E-state index in [9.17, 15) is 4.79 Å². The van der Waals surface area contributed by atoms with Crippen LogP contribution in [-0.4, -0.2) is 39.8 Å². The molecule has 0 radical (unpaired) electrons. The van der Waals surface area contributed by atoms with Crippen LogP contribution in [0.5, 0.6) is 0 Å². The lowest BCUT2D eigenvalue weighted by molar-refractivity contribution is -0.119. The molecular formula is C13H15BrN4O. The van der Waals surface area contributed by atoms with Gasteiger partial charge in [-0.05, 0) is 54.5 Å². The molecule has 1 saturated heterocycles. The van der Waals surface area contributed by atoms with Gasteiger partial charge in [0.2, 0.25) is 5.91 Å². The predicted octanol–water partition coefficient (Wildman–Crippen LogP) is 2.13. The van der Waals surface area contributed by atoms with Gasteiger partial charge in [0.05, 0.1) is 16.7 Å². The van der Waals surface area contributed by atoms with Crippen LogP contribution in [0.4, 0.5) is 5.82 Å². The topological polar surface area (TPSA) is 49.6 Å². The Morgan fingerprint density at radius 3 is 3.16 bits per heavy atom. The molecule has 1 N–H and O–H groups in total. The van der Waals surface area contributed by atoms with Gasteiger partial charge < -0.3 is 5.32 Å². The number of halogens is 1. The molecule has 100 valence electrons. The lowest BCUT2D eigenvalue weighted by atomic mass is 10.2. The molecule has 1 atom stereocenters. The Morgan fingerprint density at radius 1 is 1.58 bits per heavy atom. The van der Waals surface area contributed by atoms with Crippen molar-refractivity contribution >= 4 is 33.3 Å². The minimum atomic E-state index is -0.0299. The molecule has 2 aromatic heterocycles. The Hall–Kier alpha value is -1.40. The molecule has 3 heterocycles. The number of imidazole rings is 1. The first-order valence-corrected chi connectivity index (χ1v) is 7.09. The molecule has 1 aliphatic heterocycles. The summed E-state index contributed by atoms with van der Waals surface area (Å²) in [6.45, 7) is 0.983. The summed E-state index contributed by atoms with van der Waals surface area (Å²) in [5, 5.41) is 2.96. The molecule has 1 fully saturated rings. The van der Waals surface area contributed by atoms with Crippen LogP contribution < -0.4 is 5.32 Å². The minimum Gasteiger partial charge on any atom is -0.309 e. The number of nitrogens with one attached hydrogen (secondary N) is 1. The van der Waals surface area contributed by atoms with Crippen LogP contribution in [0, 0.1) is 0 Å². The zero-order chi connectivity index (χ0) is 13.4. The van der Waals surface area contributed by atoms with E-state index in [0.717, 1.165) is 29.5 Å². The van der Waals surface area contributed by atoms with Gasteiger partial charge in [-0.3, -0.25) is 14.1 Å². The van der Waals surface area contributed by atoms with Gasteiger partial charge in [0.15, 0.2) is 5.65 Å². The molecule has 0 unspecified atom stereocenters. The number of fused-ring (bicyclic) bond motifs is 1. The highest BCUT2D eigenvalue weighted by Crippen LogP contribution is 2.21. The molecule has 0 saturated carbocycles. The van der Waals surface area contributed by atoms with E-state index >= 15 is 0 Å². The van der Waals surface area contributed by atoms with E-state index in [1.807, 2.05) is 29.8 Å². The van der Waals surface area contributed by atoms with Crippen LogP contribution in [0.15, 0.2) is 29.0 Å². The van der Waals surface area contributed by atoms with Gasteiger partial charge >= 0.3 is 0 Å². The van der Waals surface area contributed by atoms with Crippen molar-refractivity contribution in [1.82, 2.24) is 14.3 Å². The molecular weight excluding hydrogens is 308 g/mol. The van der Waals surface area contributed by atoms with Gasteiger partial charge in [0.25, 0.3) is 0 Å². The fourth-order valence-electron chi connectivity index (χ4n) is 2.52. The highest BCUT2D eigenvalue weighted by atomic mass is 79.9. The van der Waals surface area contributed by atoms with Crippen molar-refractivity contribution in [1.29, 1.82) is 0 Å². The van der Waals surface area contributed by atoms with Gasteiger partial charge in [-0.25, -0.2) is 4.98 Å². The van der Waals surface area contributed by atoms with E-state index in [0.29, 0.717) is 5.82 Å². The average Bonchev–Trinajstić information content (AvgIpc) is 2.97. The van der Waals surface area contributed by atoms with Gasteiger partial charge in [-0.2, -0.15) is 0 Å². The number of hydrogen-bond donors (Lipinski definition) is 1. The Balaban J connectivity index is 1.85. The van der Waals surface area contributed by atoms with E-state index in [4.69, 9.17) is 0 Å². The number of nitrogens with zero attached hydrogens (tertiary/aromatic N) is 3. The molecule has 0 aromatic carbocycles. The van der Waals surface area contributed by atoms with Crippen molar-refractivity contribution in [2.75, 3.05) is 18.9 Å². The zero-order valence-electron chi connectivity index (χ0n) is 10.6. The average molecular weight is 323 g/mol. The van der Waals surface area contributed by atoms with E-state index in [1.165, 1.54) is 0 Å². The molecule has 2 aromatic rings. The molecule has 3 rings (SSSR count). The number of amides is 1. The third-order valence-corrected chi connectivity index (χ3v) is 4.18. The molecule has 0 aliphatic carbocycles. The fourth-order valence-corrected chi connectivity index (χ4v) is 2.97. The summed E-state index contributed by atoms with van der Waals surface area (Å²) in [4.78, 5) is 18.6. The lowest BCUT2D eigenvalue weighted by Crippen LogP contribution is -2.37. The second-order valence-electron chi connectivity index (χ2n) is 4.82. The summed E-state index contributed by atoms with van der Waals surface area (Å²) < 4.78 is 2.78. The quantitative estimate of drug-likeness (QED) is 0.921. The van der Waals surface area contributed by atoms with E-state index in [2.05, 4.69) is 31.1 Å². The summed E-state index contributed by atoms with van der Waals surface area (Å²) in [5.74, 6) is 0.753. The van der Waals surface area contributed by atoms with Crippen molar-refractivity contribution in [2.45, 2.75) is 18.9 Å². The van der Waals surface area contributed by atoms with Crippen LogP contribution in [0.3, 0.4) is 0 Å².